The average molecular weight is 262 g/mol. The van der Waals surface area contributed by atoms with Crippen molar-refractivity contribution in [3.05, 3.63) is 0 Å². The molecule has 0 spiro atoms. The van der Waals surface area contributed by atoms with Crippen molar-refractivity contribution in [1.29, 1.82) is 0 Å². The van der Waals surface area contributed by atoms with Gasteiger partial charge in [0, 0.05) is 0 Å². The molecule has 0 fully saturated rings. The van der Waals surface area contributed by atoms with E-state index in [4.69, 9.17) is 2.81 Å². The van der Waals surface area contributed by atoms with Gasteiger partial charge in [-0.3, -0.25) is 0 Å². The second-order valence-corrected chi connectivity index (χ2v) is 0. The summed E-state index contributed by atoms with van der Waals surface area (Å²) in [5.74, 6) is 0. The van der Waals surface area contributed by atoms with Gasteiger partial charge in [0.15, 0.2) is 0 Å². The summed E-state index contributed by atoms with van der Waals surface area (Å²) in [5, 5.41) is 0. The Morgan fingerprint density at radius 3 is 1.00 bits per heavy atom. The average Bonchev–Trinajstić information content (AvgIpc) is 1.00. The Morgan fingerprint density at radius 2 is 1.00 bits per heavy atom. The van der Waals surface area contributed by atoms with E-state index < -0.39 is 0 Å². The molecule has 0 saturated heterocycles. The molecule has 0 radical (unpaired) electrons. The maximum atomic E-state index is 8.39. The minimum atomic E-state index is 0. The van der Waals surface area contributed by atoms with Crippen LogP contribution in [0.5, 0.6) is 0 Å². The molecular formula is H5BiO3. The van der Waals surface area contributed by atoms with Crippen molar-refractivity contribution < 1.29 is 13.8 Å². The van der Waals surface area contributed by atoms with Crippen molar-refractivity contribution in [2.24, 2.45) is 0 Å². The minimum absolute atomic E-state index is 0. The SMILES string of the molecule is O.O.[O]=[BiH]. The summed E-state index contributed by atoms with van der Waals surface area (Å²) in [4.78, 5) is 0. The molecule has 0 aromatic heterocycles. The Kier molecular flexibility index (Phi) is 390. The first kappa shape index (κ1) is 23.3. The molecule has 0 rings (SSSR count). The van der Waals surface area contributed by atoms with E-state index in [1.54, 1.807) is 0 Å². The van der Waals surface area contributed by atoms with Gasteiger partial charge in [-0.15, -0.1) is 0 Å². The van der Waals surface area contributed by atoms with Crippen molar-refractivity contribution in [2.45, 2.75) is 0 Å². The fraction of sp³-hybridized carbons (Fsp3) is 0. The molecule has 28 valence electrons. The molecule has 0 aromatic rings. The molecule has 0 atom stereocenters. The van der Waals surface area contributed by atoms with Crippen molar-refractivity contribution in [2.75, 3.05) is 0 Å². The molecule has 0 aliphatic rings. The Labute approximate surface area is 38.9 Å². The zero-order chi connectivity index (χ0) is 2.00. The van der Waals surface area contributed by atoms with Crippen LogP contribution in [0.15, 0.2) is 0 Å². The van der Waals surface area contributed by atoms with Crippen molar-refractivity contribution >= 4 is 24.7 Å². The van der Waals surface area contributed by atoms with Gasteiger partial charge in [0.2, 0.25) is 0 Å². The van der Waals surface area contributed by atoms with E-state index in [1.807, 2.05) is 0 Å². The molecule has 0 aliphatic carbocycles. The number of hydrogen-bond acceptors (Lipinski definition) is 1. The quantitative estimate of drug-likeness (QED) is 0.447. The molecule has 0 unspecified atom stereocenters. The van der Waals surface area contributed by atoms with E-state index in [0.717, 1.165) is 0 Å². The van der Waals surface area contributed by atoms with E-state index in [9.17, 15) is 0 Å². The summed E-state index contributed by atoms with van der Waals surface area (Å²) < 4.78 is 8.39. The van der Waals surface area contributed by atoms with Gasteiger partial charge in [0.1, 0.15) is 0 Å². The number of hydrogen-bond donors (Lipinski definition) is 0. The van der Waals surface area contributed by atoms with Gasteiger partial charge < -0.3 is 11.0 Å². The van der Waals surface area contributed by atoms with Crippen LogP contribution in [-0.4, -0.2) is 35.7 Å². The summed E-state index contributed by atoms with van der Waals surface area (Å²) in [5.41, 5.74) is 0. The Morgan fingerprint density at radius 1 is 1.00 bits per heavy atom. The molecule has 4 N–H and O–H groups in total. The third-order valence-electron chi connectivity index (χ3n) is 0. The zero-order valence-corrected chi connectivity index (χ0v) is 5.80. The molecule has 0 heterocycles. The second kappa shape index (κ2) is 67.1. The fourth-order valence-corrected chi connectivity index (χ4v) is 0. The standard InChI is InChI=1S/Bi.2H2O.O.H/h;2*1H2;;. The van der Waals surface area contributed by atoms with Crippen LogP contribution in [0.4, 0.5) is 0 Å². The molecule has 0 amide bonds. The van der Waals surface area contributed by atoms with Crippen LogP contribution in [0.2, 0.25) is 0 Å². The maximum absolute atomic E-state index is 8.39. The van der Waals surface area contributed by atoms with Crippen LogP contribution in [0, 0.1) is 0 Å². The Hall–Kier alpha value is 0.603. The molecule has 3 nitrogen and oxygen atoms in total. The fourth-order valence-electron chi connectivity index (χ4n) is 0. The van der Waals surface area contributed by atoms with Crippen LogP contribution < -0.4 is 0 Å². The van der Waals surface area contributed by atoms with E-state index in [-0.39, 0.29) is 35.7 Å². The molecule has 0 aliphatic heterocycles. The summed E-state index contributed by atoms with van der Waals surface area (Å²) >= 11 is 0.0556. The molecule has 0 aromatic carbocycles. The summed E-state index contributed by atoms with van der Waals surface area (Å²) in [6.45, 7) is 0. The van der Waals surface area contributed by atoms with Crippen molar-refractivity contribution in [3.63, 3.8) is 0 Å². The second-order valence-electron chi connectivity index (χ2n) is 0. The van der Waals surface area contributed by atoms with Crippen LogP contribution in [0.1, 0.15) is 0 Å². The third kappa shape index (κ3) is 18.4. The monoisotopic (exact) mass is 262 g/mol. The van der Waals surface area contributed by atoms with Gasteiger partial charge in [-0.2, -0.15) is 0 Å². The van der Waals surface area contributed by atoms with Gasteiger partial charge in [-0.25, -0.2) is 0 Å². The predicted octanol–water partition coefficient (Wildman–Crippen LogP) is -2.42. The van der Waals surface area contributed by atoms with Gasteiger partial charge in [0.25, 0.3) is 0 Å². The van der Waals surface area contributed by atoms with Gasteiger partial charge in [-0.05, 0) is 0 Å². The molecular weight excluding hydrogens is 257 g/mol. The Bertz CT molecular complexity index is 3.25. The van der Waals surface area contributed by atoms with Gasteiger partial charge >= 0.3 is 27.5 Å². The van der Waals surface area contributed by atoms with Crippen LogP contribution in [0.3, 0.4) is 0 Å². The van der Waals surface area contributed by atoms with Gasteiger partial charge in [0.05, 0.1) is 0 Å². The normalized spacial score (nSPS) is 1.00. The summed E-state index contributed by atoms with van der Waals surface area (Å²) in [7, 11) is 0. The van der Waals surface area contributed by atoms with E-state index in [0.29, 0.717) is 0 Å². The zero-order valence-electron chi connectivity index (χ0n) is 1.91. The number of rotatable bonds is 0. The van der Waals surface area contributed by atoms with E-state index >= 15 is 0 Å². The molecule has 4 heavy (non-hydrogen) atoms. The van der Waals surface area contributed by atoms with Crippen molar-refractivity contribution in [1.82, 2.24) is 0 Å². The molecule has 0 saturated carbocycles. The van der Waals surface area contributed by atoms with Crippen LogP contribution >= 0.6 is 0 Å². The van der Waals surface area contributed by atoms with Crippen LogP contribution in [0.25, 0.3) is 0 Å². The first-order valence-electron chi connectivity index (χ1n) is 0.204. The first-order chi connectivity index (χ1) is 1.00. The van der Waals surface area contributed by atoms with E-state index in [2.05, 4.69) is 0 Å². The third-order valence-corrected chi connectivity index (χ3v) is 0. The first-order valence-corrected chi connectivity index (χ1v) is 1.79. The molecule has 4 heteroatoms. The topological polar surface area (TPSA) is 80.1 Å². The summed E-state index contributed by atoms with van der Waals surface area (Å²) in [6.07, 6.45) is 0. The predicted molar refractivity (Wildman–Crippen MR) is 15.1 cm³/mol. The van der Waals surface area contributed by atoms with E-state index in [1.165, 1.54) is 0 Å². The van der Waals surface area contributed by atoms with Gasteiger partial charge in [-0.1, -0.05) is 0 Å². The van der Waals surface area contributed by atoms with Crippen molar-refractivity contribution in [3.8, 4) is 0 Å². The molecule has 0 bridgehead atoms. The summed E-state index contributed by atoms with van der Waals surface area (Å²) in [6, 6.07) is 0. The Balaban J connectivity index is -0.00000000500. The van der Waals surface area contributed by atoms with Crippen LogP contribution in [-0.2, 0) is 2.81 Å².